The van der Waals surface area contributed by atoms with Gasteiger partial charge in [-0.05, 0) is 30.9 Å². The minimum absolute atomic E-state index is 0.0109. The number of carbonyl (C=O) groups excluding carboxylic acids is 1. The van der Waals surface area contributed by atoms with E-state index in [2.05, 4.69) is 15.6 Å². The van der Waals surface area contributed by atoms with Gasteiger partial charge in [0.15, 0.2) is 0 Å². The van der Waals surface area contributed by atoms with E-state index >= 15 is 0 Å². The number of hydrogen-bond acceptors (Lipinski definition) is 3. The number of carboxylic acid groups (broad SMARTS) is 1. The first kappa shape index (κ1) is 15.3. The van der Waals surface area contributed by atoms with Gasteiger partial charge in [0.05, 0.1) is 12.0 Å². The van der Waals surface area contributed by atoms with E-state index < -0.39 is 11.5 Å². The molecule has 1 aliphatic carbocycles. The molecule has 0 unspecified atom stereocenters. The maximum absolute atomic E-state index is 11.9. The van der Waals surface area contributed by atoms with Crippen LogP contribution in [0.1, 0.15) is 37.7 Å². The Morgan fingerprint density at radius 2 is 2.10 bits per heavy atom. The Balaban J connectivity index is 1.78. The normalized spacial score (nSPS) is 16.4. The number of pyridine rings is 1. The van der Waals surface area contributed by atoms with Gasteiger partial charge in [-0.1, -0.05) is 18.9 Å². The molecule has 21 heavy (non-hydrogen) atoms. The van der Waals surface area contributed by atoms with Crippen LogP contribution in [-0.2, 0) is 11.2 Å². The van der Waals surface area contributed by atoms with Crippen molar-refractivity contribution in [2.45, 2.75) is 44.1 Å². The lowest BCUT2D eigenvalue weighted by Gasteiger charge is -2.28. The molecule has 0 saturated heterocycles. The van der Waals surface area contributed by atoms with Crippen LogP contribution in [-0.4, -0.2) is 34.2 Å². The largest absolute Gasteiger partial charge is 0.481 e. The van der Waals surface area contributed by atoms with E-state index in [1.54, 1.807) is 12.4 Å². The molecule has 0 spiro atoms. The van der Waals surface area contributed by atoms with Gasteiger partial charge >= 0.3 is 12.0 Å². The van der Waals surface area contributed by atoms with Gasteiger partial charge in [0.1, 0.15) is 0 Å². The van der Waals surface area contributed by atoms with Crippen molar-refractivity contribution in [3.63, 3.8) is 0 Å². The summed E-state index contributed by atoms with van der Waals surface area (Å²) in [4.78, 5) is 26.9. The Kier molecular flexibility index (Phi) is 5.14. The third-order valence-electron chi connectivity index (χ3n) is 3.85. The second-order valence-corrected chi connectivity index (χ2v) is 5.55. The van der Waals surface area contributed by atoms with Gasteiger partial charge in [-0.25, -0.2) is 4.79 Å². The SMILES string of the molecule is O=C(O)CC1(NC(=O)NCCc2cccnc2)CCCC1. The van der Waals surface area contributed by atoms with Crippen molar-refractivity contribution in [1.82, 2.24) is 15.6 Å². The average Bonchev–Trinajstić information content (AvgIpc) is 2.87. The van der Waals surface area contributed by atoms with Crippen LogP contribution in [0.15, 0.2) is 24.5 Å². The van der Waals surface area contributed by atoms with Gasteiger partial charge in [0.2, 0.25) is 0 Å². The van der Waals surface area contributed by atoms with Gasteiger partial charge in [0, 0.05) is 18.9 Å². The molecule has 3 N–H and O–H groups in total. The minimum Gasteiger partial charge on any atom is -0.481 e. The molecule has 1 aromatic heterocycles. The first-order valence-corrected chi connectivity index (χ1v) is 7.26. The highest BCUT2D eigenvalue weighted by Gasteiger charge is 2.37. The van der Waals surface area contributed by atoms with Crippen LogP contribution in [0.25, 0.3) is 0 Å². The Bertz CT molecular complexity index is 484. The van der Waals surface area contributed by atoms with Gasteiger partial charge in [-0.2, -0.15) is 0 Å². The molecule has 6 nitrogen and oxygen atoms in total. The number of carbonyl (C=O) groups is 2. The minimum atomic E-state index is -0.868. The van der Waals surface area contributed by atoms with E-state index in [0.29, 0.717) is 13.0 Å². The molecule has 1 heterocycles. The summed E-state index contributed by atoms with van der Waals surface area (Å²) >= 11 is 0. The highest BCUT2D eigenvalue weighted by atomic mass is 16.4. The highest BCUT2D eigenvalue weighted by Crippen LogP contribution is 2.32. The maximum atomic E-state index is 11.9. The first-order chi connectivity index (χ1) is 10.1. The number of amides is 2. The Morgan fingerprint density at radius 1 is 1.33 bits per heavy atom. The van der Waals surface area contributed by atoms with Crippen molar-refractivity contribution in [2.75, 3.05) is 6.54 Å². The monoisotopic (exact) mass is 291 g/mol. The van der Waals surface area contributed by atoms with E-state index in [1.807, 2.05) is 12.1 Å². The molecule has 0 aromatic carbocycles. The van der Waals surface area contributed by atoms with Gasteiger partial charge in [-0.3, -0.25) is 9.78 Å². The van der Waals surface area contributed by atoms with Crippen LogP contribution in [0, 0.1) is 0 Å². The molecule has 0 atom stereocenters. The Hall–Kier alpha value is -2.11. The highest BCUT2D eigenvalue weighted by molar-refractivity contribution is 5.76. The third-order valence-corrected chi connectivity index (χ3v) is 3.85. The molecule has 2 rings (SSSR count). The Labute approximate surface area is 124 Å². The zero-order valence-corrected chi connectivity index (χ0v) is 12.0. The standard InChI is InChI=1S/C15H21N3O3/c19-13(20)10-15(6-1-2-7-15)18-14(21)17-9-5-12-4-3-8-16-11-12/h3-4,8,11H,1-2,5-7,9-10H2,(H,19,20)(H2,17,18,21). The predicted molar refractivity (Wildman–Crippen MR) is 77.9 cm³/mol. The summed E-state index contributed by atoms with van der Waals surface area (Å²) in [7, 11) is 0. The molecular weight excluding hydrogens is 270 g/mol. The smallest absolute Gasteiger partial charge is 0.315 e. The van der Waals surface area contributed by atoms with Gasteiger partial charge in [0.25, 0.3) is 0 Å². The second-order valence-electron chi connectivity index (χ2n) is 5.55. The van der Waals surface area contributed by atoms with Crippen molar-refractivity contribution < 1.29 is 14.7 Å². The molecule has 0 bridgehead atoms. The summed E-state index contributed by atoms with van der Waals surface area (Å²) in [6, 6.07) is 3.52. The molecule has 0 radical (unpaired) electrons. The topological polar surface area (TPSA) is 91.3 Å². The van der Waals surface area contributed by atoms with Crippen molar-refractivity contribution in [2.24, 2.45) is 0 Å². The maximum Gasteiger partial charge on any atom is 0.315 e. The van der Waals surface area contributed by atoms with E-state index in [0.717, 1.165) is 31.2 Å². The first-order valence-electron chi connectivity index (χ1n) is 7.26. The molecule has 1 fully saturated rings. The number of urea groups is 1. The van der Waals surface area contributed by atoms with Crippen molar-refractivity contribution >= 4 is 12.0 Å². The number of nitrogens with zero attached hydrogens (tertiary/aromatic N) is 1. The molecular formula is C15H21N3O3. The molecule has 2 amide bonds. The summed E-state index contributed by atoms with van der Waals surface area (Å²) in [6.07, 6.45) is 7.55. The third kappa shape index (κ3) is 4.73. The van der Waals surface area contributed by atoms with E-state index in [4.69, 9.17) is 5.11 Å². The van der Waals surface area contributed by atoms with E-state index in [9.17, 15) is 9.59 Å². The molecule has 1 aliphatic rings. The van der Waals surface area contributed by atoms with Crippen molar-refractivity contribution in [3.05, 3.63) is 30.1 Å². The number of aromatic nitrogens is 1. The van der Waals surface area contributed by atoms with Gasteiger partial charge in [-0.15, -0.1) is 0 Å². The zero-order chi connectivity index (χ0) is 15.1. The lowest BCUT2D eigenvalue weighted by Crippen LogP contribution is -2.51. The quantitative estimate of drug-likeness (QED) is 0.744. The zero-order valence-electron chi connectivity index (χ0n) is 12.0. The van der Waals surface area contributed by atoms with Crippen LogP contribution in [0.5, 0.6) is 0 Å². The Morgan fingerprint density at radius 3 is 2.71 bits per heavy atom. The van der Waals surface area contributed by atoms with Crippen LogP contribution in [0.2, 0.25) is 0 Å². The second kappa shape index (κ2) is 7.06. The molecule has 1 aromatic rings. The molecule has 0 aliphatic heterocycles. The van der Waals surface area contributed by atoms with Crippen molar-refractivity contribution in [3.8, 4) is 0 Å². The van der Waals surface area contributed by atoms with E-state index in [1.165, 1.54) is 0 Å². The molecule has 114 valence electrons. The molecule has 6 heteroatoms. The summed E-state index contributed by atoms with van der Waals surface area (Å²) in [5.74, 6) is -0.868. The number of rotatable bonds is 6. The lowest BCUT2D eigenvalue weighted by molar-refractivity contribution is -0.138. The van der Waals surface area contributed by atoms with Crippen LogP contribution >= 0.6 is 0 Å². The van der Waals surface area contributed by atoms with Crippen LogP contribution in [0.3, 0.4) is 0 Å². The lowest BCUT2D eigenvalue weighted by atomic mass is 9.93. The summed E-state index contributed by atoms with van der Waals surface area (Å²) in [5.41, 5.74) is 0.475. The van der Waals surface area contributed by atoms with Crippen LogP contribution < -0.4 is 10.6 Å². The number of carboxylic acids is 1. The average molecular weight is 291 g/mol. The van der Waals surface area contributed by atoms with Crippen LogP contribution in [0.4, 0.5) is 4.79 Å². The summed E-state index contributed by atoms with van der Waals surface area (Å²) in [5, 5.41) is 14.6. The molecule has 1 saturated carbocycles. The summed E-state index contributed by atoms with van der Waals surface area (Å²) < 4.78 is 0. The van der Waals surface area contributed by atoms with E-state index in [-0.39, 0.29) is 12.5 Å². The fourth-order valence-electron chi connectivity index (χ4n) is 2.84. The number of nitrogens with one attached hydrogen (secondary N) is 2. The van der Waals surface area contributed by atoms with Gasteiger partial charge < -0.3 is 15.7 Å². The number of hydrogen-bond donors (Lipinski definition) is 3. The van der Waals surface area contributed by atoms with Crippen molar-refractivity contribution in [1.29, 1.82) is 0 Å². The fourth-order valence-corrected chi connectivity index (χ4v) is 2.84. The summed E-state index contributed by atoms with van der Waals surface area (Å²) in [6.45, 7) is 0.501. The fraction of sp³-hybridized carbons (Fsp3) is 0.533. The number of aliphatic carboxylic acids is 1. The predicted octanol–water partition coefficient (Wildman–Crippen LogP) is 1.71.